The number of sulfonamides is 1. The zero-order valence-corrected chi connectivity index (χ0v) is 11.5. The molecule has 0 radical (unpaired) electrons. The molecule has 0 N–H and O–H groups in total. The van der Waals surface area contributed by atoms with Gasteiger partial charge in [-0.3, -0.25) is 9.79 Å². The highest BCUT2D eigenvalue weighted by molar-refractivity contribution is 8.04. The van der Waals surface area contributed by atoms with Crippen LogP contribution in [0.3, 0.4) is 0 Å². The van der Waals surface area contributed by atoms with Crippen LogP contribution in [0.15, 0.2) is 17.1 Å². The molecule has 0 aliphatic carbocycles. The van der Waals surface area contributed by atoms with E-state index in [1.54, 1.807) is 6.08 Å². The Hall–Kier alpha value is -1.21. The summed E-state index contributed by atoms with van der Waals surface area (Å²) < 4.78 is 26.4. The van der Waals surface area contributed by atoms with Crippen molar-refractivity contribution in [1.82, 2.24) is 9.21 Å². The first-order chi connectivity index (χ1) is 9.09. The van der Waals surface area contributed by atoms with Crippen LogP contribution in [0.5, 0.6) is 0 Å². The molecule has 0 aromatic rings. The van der Waals surface area contributed by atoms with Gasteiger partial charge in [0.2, 0.25) is 5.91 Å². The summed E-state index contributed by atoms with van der Waals surface area (Å²) in [5.74, 6) is 0.150. The van der Waals surface area contributed by atoms with Crippen molar-refractivity contribution in [2.24, 2.45) is 4.99 Å². The van der Waals surface area contributed by atoms with Gasteiger partial charge in [0.25, 0.3) is 10.0 Å². The van der Waals surface area contributed by atoms with Crippen molar-refractivity contribution in [1.29, 1.82) is 0 Å². The molecular weight excluding hydrogens is 266 g/mol. The zero-order chi connectivity index (χ0) is 13.5. The fourth-order valence-corrected chi connectivity index (χ4v) is 4.32. The number of carbonyl (C=O) groups is 1. The van der Waals surface area contributed by atoms with Gasteiger partial charge >= 0.3 is 0 Å². The SMILES string of the molecule is O=C1CC[C@@H]2CN(S(=O)(=O)C3=NCCC=C3)CCN12. The molecule has 0 bridgehead atoms. The smallest absolute Gasteiger partial charge is 0.260 e. The second kappa shape index (κ2) is 4.72. The van der Waals surface area contributed by atoms with Crippen LogP contribution in [0, 0.1) is 0 Å². The first-order valence-electron chi connectivity index (χ1n) is 6.59. The lowest BCUT2D eigenvalue weighted by molar-refractivity contribution is -0.130. The maximum Gasteiger partial charge on any atom is 0.260 e. The maximum atomic E-state index is 12.5. The van der Waals surface area contributed by atoms with Crippen LogP contribution in [-0.4, -0.2) is 60.8 Å². The van der Waals surface area contributed by atoms with Crippen LogP contribution in [-0.2, 0) is 14.8 Å². The van der Waals surface area contributed by atoms with E-state index in [-0.39, 0.29) is 17.0 Å². The lowest BCUT2D eigenvalue weighted by Gasteiger charge is -2.36. The number of amides is 1. The molecule has 6 nitrogen and oxygen atoms in total. The number of hydrogen-bond donors (Lipinski definition) is 0. The van der Waals surface area contributed by atoms with Gasteiger partial charge in [0.1, 0.15) is 0 Å². The van der Waals surface area contributed by atoms with E-state index in [2.05, 4.69) is 4.99 Å². The van der Waals surface area contributed by atoms with E-state index >= 15 is 0 Å². The molecule has 1 atom stereocenters. The summed E-state index contributed by atoms with van der Waals surface area (Å²) in [5.41, 5.74) is 0. The molecule has 0 spiro atoms. The Morgan fingerprint density at radius 1 is 1.32 bits per heavy atom. The van der Waals surface area contributed by atoms with Gasteiger partial charge in [-0.25, -0.2) is 8.42 Å². The molecule has 0 aromatic carbocycles. The molecule has 0 saturated carbocycles. The second-order valence-electron chi connectivity index (χ2n) is 5.05. The van der Waals surface area contributed by atoms with Gasteiger partial charge in [-0.1, -0.05) is 6.08 Å². The van der Waals surface area contributed by atoms with E-state index in [1.165, 1.54) is 4.31 Å². The zero-order valence-electron chi connectivity index (χ0n) is 10.7. The molecule has 3 aliphatic heterocycles. The Kier molecular flexibility index (Phi) is 3.18. The molecule has 7 heteroatoms. The fraction of sp³-hybridized carbons (Fsp3) is 0.667. The molecule has 2 saturated heterocycles. The summed E-state index contributed by atoms with van der Waals surface area (Å²) in [6.07, 6.45) is 5.52. The summed E-state index contributed by atoms with van der Waals surface area (Å²) >= 11 is 0. The van der Waals surface area contributed by atoms with Crippen molar-refractivity contribution in [2.75, 3.05) is 26.2 Å². The van der Waals surface area contributed by atoms with E-state index in [9.17, 15) is 13.2 Å². The van der Waals surface area contributed by atoms with Crippen molar-refractivity contribution in [2.45, 2.75) is 25.3 Å². The lowest BCUT2D eigenvalue weighted by atomic mass is 10.2. The quantitative estimate of drug-likeness (QED) is 0.679. The Balaban J connectivity index is 1.78. The van der Waals surface area contributed by atoms with E-state index < -0.39 is 10.0 Å². The van der Waals surface area contributed by atoms with E-state index in [0.717, 1.165) is 12.8 Å². The molecule has 3 aliphatic rings. The molecule has 0 unspecified atom stereocenters. The topological polar surface area (TPSA) is 70.0 Å². The first-order valence-corrected chi connectivity index (χ1v) is 8.03. The minimum absolute atomic E-state index is 0.0456. The molecule has 1 amide bonds. The minimum atomic E-state index is -3.48. The number of hydrogen-bond acceptors (Lipinski definition) is 4. The maximum absolute atomic E-state index is 12.5. The summed E-state index contributed by atoms with van der Waals surface area (Å²) in [4.78, 5) is 17.5. The van der Waals surface area contributed by atoms with E-state index in [4.69, 9.17) is 0 Å². The normalized spacial score (nSPS) is 28.4. The van der Waals surface area contributed by atoms with Crippen molar-refractivity contribution >= 4 is 21.0 Å². The summed E-state index contributed by atoms with van der Waals surface area (Å²) in [6.45, 7) is 1.81. The molecular formula is C12H17N3O3S. The van der Waals surface area contributed by atoms with E-state index in [1.807, 2.05) is 11.0 Å². The third-order valence-corrected chi connectivity index (χ3v) is 5.69. The predicted molar refractivity (Wildman–Crippen MR) is 71.3 cm³/mol. The average Bonchev–Trinajstić information content (AvgIpc) is 2.81. The van der Waals surface area contributed by atoms with Crippen LogP contribution in [0.1, 0.15) is 19.3 Å². The van der Waals surface area contributed by atoms with Gasteiger partial charge in [0, 0.05) is 38.6 Å². The largest absolute Gasteiger partial charge is 0.337 e. The molecule has 3 rings (SSSR count). The van der Waals surface area contributed by atoms with E-state index in [0.29, 0.717) is 32.6 Å². The van der Waals surface area contributed by atoms with Gasteiger partial charge in [-0.05, 0) is 18.9 Å². The van der Waals surface area contributed by atoms with Crippen LogP contribution < -0.4 is 0 Å². The Labute approximate surface area is 112 Å². The molecule has 2 fully saturated rings. The number of aliphatic imine (C=N–C) groups is 1. The molecule has 19 heavy (non-hydrogen) atoms. The second-order valence-corrected chi connectivity index (χ2v) is 6.94. The summed E-state index contributed by atoms with van der Waals surface area (Å²) in [7, 11) is -3.48. The van der Waals surface area contributed by atoms with Crippen LogP contribution in [0.2, 0.25) is 0 Å². The standard InChI is InChI=1S/C12H17N3O3S/c16-12-5-4-10-9-14(7-8-15(10)12)19(17,18)11-3-1-2-6-13-11/h1,3,10H,2,4-9H2/t10-/m1/s1. The molecule has 0 aromatic heterocycles. The lowest BCUT2D eigenvalue weighted by Crippen LogP contribution is -2.54. The van der Waals surface area contributed by atoms with Crippen molar-refractivity contribution in [3.63, 3.8) is 0 Å². The Morgan fingerprint density at radius 3 is 2.89 bits per heavy atom. The van der Waals surface area contributed by atoms with Crippen LogP contribution >= 0.6 is 0 Å². The Morgan fingerprint density at radius 2 is 2.16 bits per heavy atom. The third kappa shape index (κ3) is 2.21. The van der Waals surface area contributed by atoms with Gasteiger partial charge in [0.05, 0.1) is 0 Å². The highest BCUT2D eigenvalue weighted by atomic mass is 32.2. The third-order valence-electron chi connectivity index (χ3n) is 3.89. The minimum Gasteiger partial charge on any atom is -0.337 e. The van der Waals surface area contributed by atoms with Gasteiger partial charge < -0.3 is 4.90 Å². The van der Waals surface area contributed by atoms with Crippen LogP contribution in [0.25, 0.3) is 0 Å². The number of fused-ring (bicyclic) bond motifs is 1. The first kappa shape index (κ1) is 12.8. The summed E-state index contributed by atoms with van der Waals surface area (Å²) in [5, 5.41) is 0.163. The number of dihydropyridines is 1. The fourth-order valence-electron chi connectivity index (χ4n) is 2.84. The number of nitrogens with zero attached hydrogens (tertiary/aromatic N) is 3. The number of carbonyl (C=O) groups excluding carboxylic acids is 1. The van der Waals surface area contributed by atoms with Gasteiger partial charge in [-0.2, -0.15) is 4.31 Å². The van der Waals surface area contributed by atoms with Gasteiger partial charge in [-0.15, -0.1) is 0 Å². The molecule has 3 heterocycles. The predicted octanol–water partition coefficient (Wildman–Crippen LogP) is -0.0188. The highest BCUT2D eigenvalue weighted by Gasteiger charge is 2.40. The average molecular weight is 283 g/mol. The number of rotatable bonds is 1. The van der Waals surface area contributed by atoms with Crippen molar-refractivity contribution in [3.8, 4) is 0 Å². The Bertz CT molecular complexity index is 553. The van der Waals surface area contributed by atoms with Crippen molar-refractivity contribution in [3.05, 3.63) is 12.2 Å². The monoisotopic (exact) mass is 283 g/mol. The van der Waals surface area contributed by atoms with Crippen molar-refractivity contribution < 1.29 is 13.2 Å². The van der Waals surface area contributed by atoms with Gasteiger partial charge in [0.15, 0.2) is 5.04 Å². The van der Waals surface area contributed by atoms with Crippen LogP contribution in [0.4, 0.5) is 0 Å². The number of piperazine rings is 1. The summed E-state index contributed by atoms with van der Waals surface area (Å²) in [6, 6.07) is 0.0456. The highest BCUT2D eigenvalue weighted by Crippen LogP contribution is 2.25. The molecule has 104 valence electrons.